The summed E-state index contributed by atoms with van der Waals surface area (Å²) in [5, 5.41) is 6.28. The second kappa shape index (κ2) is 7.24. The Bertz CT molecular complexity index is 499. The van der Waals surface area contributed by atoms with E-state index in [2.05, 4.69) is 41.3 Å². The fraction of sp³-hybridized carbons (Fsp3) is 0.750. The SMILES string of the molecule is Cc1nc(C(C)(C)C)oc1CC(=O)NCCN1CCNCC1. The first-order chi connectivity index (χ1) is 10.4. The number of carbonyl (C=O) groups excluding carboxylic acids is 1. The summed E-state index contributed by atoms with van der Waals surface area (Å²) in [4.78, 5) is 18.8. The fourth-order valence-electron chi connectivity index (χ4n) is 2.41. The van der Waals surface area contributed by atoms with E-state index in [0.29, 0.717) is 18.2 Å². The van der Waals surface area contributed by atoms with Gasteiger partial charge >= 0.3 is 0 Å². The average molecular weight is 308 g/mol. The summed E-state index contributed by atoms with van der Waals surface area (Å²) in [6.07, 6.45) is 0.260. The molecule has 0 bridgehead atoms. The molecule has 0 saturated carbocycles. The van der Waals surface area contributed by atoms with E-state index in [4.69, 9.17) is 4.42 Å². The van der Waals surface area contributed by atoms with Crippen molar-refractivity contribution < 1.29 is 9.21 Å². The van der Waals surface area contributed by atoms with Crippen molar-refractivity contribution in [1.82, 2.24) is 20.5 Å². The minimum absolute atomic E-state index is 0.00477. The topological polar surface area (TPSA) is 70.4 Å². The first-order valence-corrected chi connectivity index (χ1v) is 8.03. The van der Waals surface area contributed by atoms with Gasteiger partial charge in [0.05, 0.1) is 12.1 Å². The Kier molecular flexibility index (Phi) is 5.58. The number of carbonyl (C=O) groups is 1. The maximum absolute atomic E-state index is 12.0. The Morgan fingerprint density at radius 3 is 2.64 bits per heavy atom. The summed E-state index contributed by atoms with van der Waals surface area (Å²) in [5.74, 6) is 1.35. The number of piperazine rings is 1. The number of hydrogen-bond donors (Lipinski definition) is 2. The van der Waals surface area contributed by atoms with E-state index in [-0.39, 0.29) is 17.7 Å². The van der Waals surface area contributed by atoms with E-state index in [1.54, 1.807) is 0 Å². The third kappa shape index (κ3) is 4.81. The molecule has 2 heterocycles. The molecule has 1 fully saturated rings. The molecule has 1 aliphatic rings. The Morgan fingerprint density at radius 1 is 1.36 bits per heavy atom. The summed E-state index contributed by atoms with van der Waals surface area (Å²) < 4.78 is 5.76. The van der Waals surface area contributed by atoms with Gasteiger partial charge in [-0.1, -0.05) is 20.8 Å². The van der Waals surface area contributed by atoms with Gasteiger partial charge in [0, 0.05) is 44.7 Å². The van der Waals surface area contributed by atoms with Crippen molar-refractivity contribution in [1.29, 1.82) is 0 Å². The van der Waals surface area contributed by atoms with Crippen molar-refractivity contribution in [2.45, 2.75) is 39.5 Å². The van der Waals surface area contributed by atoms with Gasteiger partial charge in [-0.25, -0.2) is 4.98 Å². The molecule has 0 spiro atoms. The molecule has 6 heteroatoms. The molecule has 2 N–H and O–H groups in total. The number of aromatic nitrogens is 1. The number of aryl methyl sites for hydroxylation is 1. The van der Waals surface area contributed by atoms with Crippen LogP contribution in [0.25, 0.3) is 0 Å². The summed E-state index contributed by atoms with van der Waals surface area (Å²) in [6.45, 7) is 13.8. The van der Waals surface area contributed by atoms with Crippen LogP contribution in [0.4, 0.5) is 0 Å². The largest absolute Gasteiger partial charge is 0.444 e. The molecule has 1 aromatic heterocycles. The molecule has 1 saturated heterocycles. The van der Waals surface area contributed by atoms with Gasteiger partial charge in [0.2, 0.25) is 5.91 Å². The van der Waals surface area contributed by atoms with Crippen molar-refractivity contribution in [2.75, 3.05) is 39.3 Å². The molecule has 22 heavy (non-hydrogen) atoms. The molecular weight excluding hydrogens is 280 g/mol. The quantitative estimate of drug-likeness (QED) is 0.844. The minimum atomic E-state index is -0.137. The predicted octanol–water partition coefficient (Wildman–Crippen LogP) is 0.844. The highest BCUT2D eigenvalue weighted by molar-refractivity contribution is 5.78. The number of oxazole rings is 1. The predicted molar refractivity (Wildman–Crippen MR) is 86.0 cm³/mol. The molecule has 124 valence electrons. The Hall–Kier alpha value is -1.40. The van der Waals surface area contributed by atoms with Gasteiger partial charge in [-0.15, -0.1) is 0 Å². The molecule has 1 aromatic rings. The number of amides is 1. The second-order valence-corrected chi connectivity index (χ2v) is 6.90. The summed E-state index contributed by atoms with van der Waals surface area (Å²) in [6, 6.07) is 0. The lowest BCUT2D eigenvalue weighted by atomic mass is 9.97. The molecule has 6 nitrogen and oxygen atoms in total. The van der Waals surface area contributed by atoms with Crippen LogP contribution in [-0.2, 0) is 16.6 Å². The first kappa shape index (κ1) is 17.0. The molecule has 0 radical (unpaired) electrons. The number of nitrogens with one attached hydrogen (secondary N) is 2. The van der Waals surface area contributed by atoms with Crippen LogP contribution in [0.15, 0.2) is 4.42 Å². The van der Waals surface area contributed by atoms with E-state index < -0.39 is 0 Å². The number of rotatable bonds is 5. The van der Waals surface area contributed by atoms with Gasteiger partial charge in [0.25, 0.3) is 0 Å². The zero-order valence-corrected chi connectivity index (χ0v) is 14.2. The summed E-state index contributed by atoms with van der Waals surface area (Å²) in [5.41, 5.74) is 0.670. The van der Waals surface area contributed by atoms with Crippen LogP contribution in [0, 0.1) is 6.92 Å². The maximum Gasteiger partial charge on any atom is 0.227 e. The normalized spacial score (nSPS) is 16.7. The molecule has 0 aromatic carbocycles. The highest BCUT2D eigenvalue weighted by Crippen LogP contribution is 2.23. The van der Waals surface area contributed by atoms with Crippen molar-refractivity contribution in [3.05, 3.63) is 17.3 Å². The number of nitrogens with zero attached hydrogens (tertiary/aromatic N) is 2. The van der Waals surface area contributed by atoms with Crippen LogP contribution in [0.3, 0.4) is 0 Å². The summed E-state index contributed by atoms with van der Waals surface area (Å²) >= 11 is 0. The lowest BCUT2D eigenvalue weighted by Crippen LogP contribution is -2.46. The van der Waals surface area contributed by atoms with Crippen molar-refractivity contribution in [2.24, 2.45) is 0 Å². The molecule has 0 atom stereocenters. The highest BCUT2D eigenvalue weighted by Gasteiger charge is 2.23. The Labute approximate surface area is 132 Å². The molecule has 0 aliphatic carbocycles. The van der Waals surface area contributed by atoms with E-state index in [1.165, 1.54) is 0 Å². The zero-order valence-electron chi connectivity index (χ0n) is 14.2. The van der Waals surface area contributed by atoms with Gasteiger partial charge in [-0.2, -0.15) is 0 Å². The van der Waals surface area contributed by atoms with Crippen LogP contribution >= 0.6 is 0 Å². The molecule has 1 aliphatic heterocycles. The maximum atomic E-state index is 12.0. The molecular formula is C16H28N4O2. The fourth-order valence-corrected chi connectivity index (χ4v) is 2.41. The van der Waals surface area contributed by atoms with Crippen LogP contribution < -0.4 is 10.6 Å². The Morgan fingerprint density at radius 2 is 2.05 bits per heavy atom. The van der Waals surface area contributed by atoms with Gasteiger partial charge in [-0.05, 0) is 6.92 Å². The average Bonchev–Trinajstić information content (AvgIpc) is 2.81. The first-order valence-electron chi connectivity index (χ1n) is 8.03. The zero-order chi connectivity index (χ0) is 16.2. The van der Waals surface area contributed by atoms with Gasteiger partial charge in [0.15, 0.2) is 5.89 Å². The third-order valence-corrected chi connectivity index (χ3v) is 3.82. The van der Waals surface area contributed by atoms with Gasteiger partial charge < -0.3 is 15.1 Å². The molecule has 1 amide bonds. The van der Waals surface area contributed by atoms with Crippen LogP contribution in [0.5, 0.6) is 0 Å². The lowest BCUT2D eigenvalue weighted by molar-refractivity contribution is -0.120. The molecule has 0 unspecified atom stereocenters. The van der Waals surface area contributed by atoms with Crippen molar-refractivity contribution in [3.63, 3.8) is 0 Å². The smallest absolute Gasteiger partial charge is 0.227 e. The van der Waals surface area contributed by atoms with E-state index in [1.807, 2.05) is 6.92 Å². The van der Waals surface area contributed by atoms with E-state index in [0.717, 1.165) is 38.4 Å². The summed E-state index contributed by atoms with van der Waals surface area (Å²) in [7, 11) is 0. The lowest BCUT2D eigenvalue weighted by Gasteiger charge is -2.27. The Balaban J connectivity index is 1.78. The van der Waals surface area contributed by atoms with E-state index in [9.17, 15) is 4.79 Å². The van der Waals surface area contributed by atoms with Crippen molar-refractivity contribution in [3.8, 4) is 0 Å². The van der Waals surface area contributed by atoms with Crippen LogP contribution in [-0.4, -0.2) is 55.1 Å². The second-order valence-electron chi connectivity index (χ2n) is 6.90. The van der Waals surface area contributed by atoms with Gasteiger partial charge in [0.1, 0.15) is 5.76 Å². The highest BCUT2D eigenvalue weighted by atomic mass is 16.4. The number of hydrogen-bond acceptors (Lipinski definition) is 5. The van der Waals surface area contributed by atoms with Gasteiger partial charge in [-0.3, -0.25) is 9.69 Å². The van der Waals surface area contributed by atoms with E-state index >= 15 is 0 Å². The molecule has 2 rings (SSSR count). The van der Waals surface area contributed by atoms with Crippen LogP contribution in [0.2, 0.25) is 0 Å². The minimum Gasteiger partial charge on any atom is -0.444 e. The monoisotopic (exact) mass is 308 g/mol. The van der Waals surface area contributed by atoms with Crippen molar-refractivity contribution >= 4 is 5.91 Å². The standard InChI is InChI=1S/C16H28N4O2/c1-12-13(22-15(19-12)16(2,3)4)11-14(21)18-7-10-20-8-5-17-6-9-20/h17H,5-11H2,1-4H3,(H,18,21). The van der Waals surface area contributed by atoms with Crippen LogP contribution in [0.1, 0.15) is 38.1 Å². The third-order valence-electron chi connectivity index (χ3n) is 3.82.